The Morgan fingerprint density at radius 1 is 1.00 bits per heavy atom. The topological polar surface area (TPSA) is 66.4 Å². The van der Waals surface area contributed by atoms with Crippen LogP contribution in [0.25, 0.3) is 16.7 Å². The number of amides is 1. The number of allylic oxidation sites excluding steroid dienone is 3. The fraction of sp³-hybridized carbons (Fsp3) is 0.185. The molecule has 3 aromatic rings. The Morgan fingerprint density at radius 3 is 2.26 bits per heavy atom. The normalized spacial score (nSPS) is 18.5. The number of carbonyl (C=O) groups is 2. The summed E-state index contributed by atoms with van der Waals surface area (Å²) in [6.07, 6.45) is -2.21. The highest BCUT2D eigenvalue weighted by atomic mass is 32.1. The minimum absolute atomic E-state index is 0.145. The minimum atomic E-state index is -4.91. The van der Waals surface area contributed by atoms with Crippen LogP contribution in [0.1, 0.15) is 17.5 Å². The molecule has 2 aromatic carbocycles. The maximum atomic E-state index is 14.1. The summed E-state index contributed by atoms with van der Waals surface area (Å²) < 4.78 is 42.4. The number of carbonyl (C=O) groups excluding carboxylic acids is 1. The number of hydrogen-bond acceptors (Lipinski definition) is 3. The number of hydrogen-bond donors (Lipinski definition) is 2. The van der Waals surface area contributed by atoms with Gasteiger partial charge in [0.25, 0.3) is 0 Å². The van der Waals surface area contributed by atoms with Crippen molar-refractivity contribution < 1.29 is 27.9 Å². The van der Waals surface area contributed by atoms with Crippen LogP contribution in [0.5, 0.6) is 0 Å². The molecule has 180 valence electrons. The number of carboxylic acids is 1. The lowest BCUT2D eigenvalue weighted by molar-refractivity contribution is -0.207. The second kappa shape index (κ2) is 9.92. The van der Waals surface area contributed by atoms with E-state index in [0.29, 0.717) is 11.1 Å². The number of aliphatic carboxylic acids is 1. The van der Waals surface area contributed by atoms with Gasteiger partial charge in [0, 0.05) is 6.42 Å². The number of thiophene rings is 1. The third-order valence-corrected chi connectivity index (χ3v) is 6.74. The van der Waals surface area contributed by atoms with Gasteiger partial charge in [-0.15, -0.1) is 0 Å². The van der Waals surface area contributed by atoms with E-state index in [2.05, 4.69) is 5.32 Å². The van der Waals surface area contributed by atoms with Crippen LogP contribution in [-0.4, -0.2) is 29.2 Å². The molecule has 0 aliphatic heterocycles. The van der Waals surface area contributed by atoms with Crippen LogP contribution in [0.3, 0.4) is 0 Å². The molecule has 2 atom stereocenters. The van der Waals surface area contributed by atoms with E-state index in [1.54, 1.807) is 53.8 Å². The highest BCUT2D eigenvalue weighted by Gasteiger charge is 2.59. The van der Waals surface area contributed by atoms with Crippen molar-refractivity contribution in [2.45, 2.75) is 25.1 Å². The summed E-state index contributed by atoms with van der Waals surface area (Å²) in [5.74, 6) is -2.79. The van der Waals surface area contributed by atoms with Crippen molar-refractivity contribution in [3.05, 3.63) is 101 Å². The van der Waals surface area contributed by atoms with Gasteiger partial charge in [0.05, 0.1) is 0 Å². The van der Waals surface area contributed by atoms with Crippen molar-refractivity contribution in [3.8, 4) is 11.1 Å². The van der Waals surface area contributed by atoms with Crippen LogP contribution >= 0.6 is 11.3 Å². The van der Waals surface area contributed by atoms with Crippen LogP contribution in [0, 0.1) is 5.41 Å². The average Bonchev–Trinajstić information content (AvgIpc) is 3.39. The summed E-state index contributed by atoms with van der Waals surface area (Å²) in [6.45, 7) is 0. The summed E-state index contributed by atoms with van der Waals surface area (Å²) in [4.78, 5) is 24.8. The lowest BCUT2D eigenvalue weighted by Gasteiger charge is -2.34. The molecule has 0 spiro atoms. The standard InChI is InChI=1S/C27H22F3NO3S/c28-27(29,30)26(13-10-21(11-14-26)19-4-2-1-3-5-19)25(34)31-23(24(32)33)16-18-6-8-20(9-7-18)22-12-15-35-17-22/h1-13,15,17,23H,14,16H2,(H,31,34)(H,32,33). The Morgan fingerprint density at radius 2 is 1.71 bits per heavy atom. The lowest BCUT2D eigenvalue weighted by Crippen LogP contribution is -2.54. The number of benzene rings is 2. The third-order valence-electron chi connectivity index (χ3n) is 6.06. The minimum Gasteiger partial charge on any atom is -0.480 e. The number of nitrogens with one attached hydrogen (secondary N) is 1. The quantitative estimate of drug-likeness (QED) is 0.413. The maximum absolute atomic E-state index is 14.1. The number of rotatable bonds is 7. The Hall–Kier alpha value is -3.65. The van der Waals surface area contributed by atoms with E-state index in [1.807, 2.05) is 29.0 Å². The average molecular weight is 498 g/mol. The molecule has 1 aliphatic rings. The van der Waals surface area contributed by atoms with E-state index in [4.69, 9.17) is 0 Å². The van der Waals surface area contributed by atoms with E-state index in [0.717, 1.165) is 22.8 Å². The molecule has 4 rings (SSSR count). The van der Waals surface area contributed by atoms with Gasteiger partial charge in [-0.2, -0.15) is 24.5 Å². The van der Waals surface area contributed by atoms with Gasteiger partial charge in [-0.25, -0.2) is 4.79 Å². The van der Waals surface area contributed by atoms with Crippen LogP contribution in [0.4, 0.5) is 13.2 Å². The van der Waals surface area contributed by atoms with Crippen LogP contribution in [0.15, 0.2) is 89.7 Å². The van der Waals surface area contributed by atoms with Gasteiger partial charge >= 0.3 is 12.1 Å². The Kier molecular flexibility index (Phi) is 6.93. The van der Waals surface area contributed by atoms with Crippen molar-refractivity contribution in [1.82, 2.24) is 5.32 Å². The first-order valence-electron chi connectivity index (χ1n) is 10.9. The molecule has 35 heavy (non-hydrogen) atoms. The second-order valence-electron chi connectivity index (χ2n) is 8.31. The molecule has 0 radical (unpaired) electrons. The first-order valence-corrected chi connectivity index (χ1v) is 11.8. The summed E-state index contributed by atoms with van der Waals surface area (Å²) in [5, 5.41) is 15.7. The summed E-state index contributed by atoms with van der Waals surface area (Å²) >= 11 is 1.55. The van der Waals surface area contributed by atoms with Crippen LogP contribution < -0.4 is 5.32 Å². The van der Waals surface area contributed by atoms with E-state index in [1.165, 1.54) is 12.2 Å². The smallest absolute Gasteiger partial charge is 0.406 e. The van der Waals surface area contributed by atoms with Crippen molar-refractivity contribution in [2.24, 2.45) is 5.41 Å². The third kappa shape index (κ3) is 5.22. The molecule has 8 heteroatoms. The molecule has 1 heterocycles. The second-order valence-corrected chi connectivity index (χ2v) is 9.09. The molecule has 1 aromatic heterocycles. The van der Waals surface area contributed by atoms with Crippen LogP contribution in [-0.2, 0) is 16.0 Å². The molecular weight excluding hydrogens is 475 g/mol. The predicted molar refractivity (Wildman–Crippen MR) is 130 cm³/mol. The van der Waals surface area contributed by atoms with Gasteiger partial charge < -0.3 is 10.4 Å². The number of alkyl halides is 3. The molecule has 0 fully saturated rings. The highest BCUT2D eigenvalue weighted by molar-refractivity contribution is 7.08. The van der Waals surface area contributed by atoms with Gasteiger partial charge in [0.1, 0.15) is 6.04 Å². The molecule has 1 amide bonds. The first kappa shape index (κ1) is 24.5. The molecule has 2 N–H and O–H groups in total. The zero-order chi connectivity index (χ0) is 25.1. The van der Waals surface area contributed by atoms with Gasteiger partial charge in [-0.05, 0) is 51.1 Å². The number of carboxylic acid groups (broad SMARTS) is 1. The molecular formula is C27H22F3NO3S. The molecule has 0 saturated carbocycles. The summed E-state index contributed by atoms with van der Waals surface area (Å²) in [6, 6.07) is 16.4. The first-order chi connectivity index (χ1) is 16.7. The molecule has 1 aliphatic carbocycles. The lowest BCUT2D eigenvalue weighted by atomic mass is 9.77. The van der Waals surface area contributed by atoms with Crippen molar-refractivity contribution in [1.29, 1.82) is 0 Å². The van der Waals surface area contributed by atoms with Crippen LogP contribution in [0.2, 0.25) is 0 Å². The molecule has 0 bridgehead atoms. The Bertz CT molecular complexity index is 1250. The van der Waals surface area contributed by atoms with Crippen molar-refractivity contribution in [2.75, 3.05) is 0 Å². The Balaban J connectivity index is 1.52. The SMILES string of the molecule is O=C(O)C(Cc1ccc(-c2ccsc2)cc1)NC(=O)C1(C(F)(F)F)C=CC(c2ccccc2)=CC1. The monoisotopic (exact) mass is 497 g/mol. The molecule has 4 nitrogen and oxygen atoms in total. The van der Waals surface area contributed by atoms with E-state index in [9.17, 15) is 27.9 Å². The van der Waals surface area contributed by atoms with E-state index >= 15 is 0 Å². The van der Waals surface area contributed by atoms with Gasteiger partial charge in [0.15, 0.2) is 5.41 Å². The fourth-order valence-electron chi connectivity index (χ4n) is 3.98. The van der Waals surface area contributed by atoms with Gasteiger partial charge in [-0.3, -0.25) is 4.79 Å². The maximum Gasteiger partial charge on any atom is 0.406 e. The number of halogens is 3. The van der Waals surface area contributed by atoms with Gasteiger partial charge in [0.2, 0.25) is 5.91 Å². The predicted octanol–water partition coefficient (Wildman–Crippen LogP) is 6.12. The summed E-state index contributed by atoms with van der Waals surface area (Å²) in [7, 11) is 0. The Labute approximate surface area is 204 Å². The zero-order valence-electron chi connectivity index (χ0n) is 18.5. The van der Waals surface area contributed by atoms with Gasteiger partial charge in [-0.1, -0.05) is 72.8 Å². The van der Waals surface area contributed by atoms with E-state index < -0.39 is 35.9 Å². The molecule has 2 unspecified atom stereocenters. The zero-order valence-corrected chi connectivity index (χ0v) is 19.3. The van der Waals surface area contributed by atoms with Crippen molar-refractivity contribution >= 4 is 28.8 Å². The largest absolute Gasteiger partial charge is 0.480 e. The van der Waals surface area contributed by atoms with Crippen molar-refractivity contribution in [3.63, 3.8) is 0 Å². The summed E-state index contributed by atoms with van der Waals surface area (Å²) in [5.41, 5.74) is 0.997. The highest BCUT2D eigenvalue weighted by Crippen LogP contribution is 2.46. The fourth-order valence-corrected chi connectivity index (χ4v) is 4.64. The molecule has 0 saturated heterocycles. The van der Waals surface area contributed by atoms with E-state index in [-0.39, 0.29) is 6.42 Å².